The molecule has 6 nitrogen and oxygen atoms in total. The van der Waals surface area contributed by atoms with Gasteiger partial charge in [-0.05, 0) is 42.6 Å². The van der Waals surface area contributed by atoms with Gasteiger partial charge in [0.25, 0.3) is 0 Å². The minimum Gasteiger partial charge on any atom is -0.494 e. The van der Waals surface area contributed by atoms with Crippen LogP contribution in [0, 0.1) is 0 Å². The molecule has 0 saturated heterocycles. The summed E-state index contributed by atoms with van der Waals surface area (Å²) in [5.74, 6) is 0.330. The molecule has 0 unspecified atom stereocenters. The van der Waals surface area contributed by atoms with Gasteiger partial charge in [0.2, 0.25) is 15.9 Å². The van der Waals surface area contributed by atoms with Crippen LogP contribution >= 0.6 is 0 Å². The Labute approximate surface area is 161 Å². The summed E-state index contributed by atoms with van der Waals surface area (Å²) < 4.78 is 29.4. The third kappa shape index (κ3) is 9.21. The van der Waals surface area contributed by atoms with Gasteiger partial charge in [0.15, 0.2) is 0 Å². The lowest BCUT2D eigenvalue weighted by atomic mass is 10.1. The summed E-state index contributed by atoms with van der Waals surface area (Å²) in [6, 6.07) is 18.4. The van der Waals surface area contributed by atoms with Gasteiger partial charge in [-0.2, -0.15) is 0 Å². The molecule has 7 heteroatoms. The van der Waals surface area contributed by atoms with E-state index in [9.17, 15) is 13.2 Å². The number of carbonyl (C=O) groups is 1. The average molecular weight is 391 g/mol. The van der Waals surface area contributed by atoms with E-state index in [1.807, 2.05) is 35.1 Å². The van der Waals surface area contributed by atoms with Crippen molar-refractivity contribution in [2.24, 2.45) is 0 Å². The number of hydrogen-bond acceptors (Lipinski definition) is 5. The molecule has 2 N–H and O–H groups in total. The first-order valence-corrected chi connectivity index (χ1v) is 10.8. The van der Waals surface area contributed by atoms with E-state index in [-0.39, 0.29) is 6.42 Å². The summed E-state index contributed by atoms with van der Waals surface area (Å²) in [5.41, 5.74) is 2.52. The summed E-state index contributed by atoms with van der Waals surface area (Å²) in [6.45, 7) is 1.69. The Kier molecular flexibility index (Phi) is 8.29. The molecule has 2 aromatic rings. The first kappa shape index (κ1) is 20.9. The Morgan fingerprint density at radius 1 is 0.963 bits per heavy atom. The van der Waals surface area contributed by atoms with Crippen LogP contribution in [0.4, 0.5) is 0 Å². The molecule has 0 fully saturated rings. The molecule has 0 aliphatic heterocycles. The second-order valence-electron chi connectivity index (χ2n) is 6.31. The van der Waals surface area contributed by atoms with E-state index in [0.717, 1.165) is 24.8 Å². The van der Waals surface area contributed by atoms with Crippen molar-refractivity contribution in [1.82, 2.24) is 10.0 Å². The predicted octanol–water partition coefficient (Wildman–Crippen LogP) is 2.10. The van der Waals surface area contributed by atoms with Gasteiger partial charge in [0.05, 0.1) is 12.9 Å². The predicted molar refractivity (Wildman–Crippen MR) is 106 cm³/mol. The number of nitrogens with one attached hydrogen (secondary N) is 2. The fourth-order valence-electron chi connectivity index (χ4n) is 2.51. The van der Waals surface area contributed by atoms with Gasteiger partial charge in [-0.1, -0.05) is 42.5 Å². The van der Waals surface area contributed by atoms with Crippen molar-refractivity contribution in [3.8, 4) is 5.75 Å². The lowest BCUT2D eigenvalue weighted by Crippen LogP contribution is -2.32. The van der Waals surface area contributed by atoms with Crippen LogP contribution in [-0.2, 0) is 21.2 Å². The highest BCUT2D eigenvalue weighted by atomic mass is 32.2. The van der Waals surface area contributed by atoms with Crippen LogP contribution < -0.4 is 14.8 Å². The highest BCUT2D eigenvalue weighted by Crippen LogP contribution is 2.15. The Bertz CT molecular complexity index is 806. The van der Waals surface area contributed by atoms with Crippen LogP contribution in [-0.4, -0.2) is 40.3 Å². The van der Waals surface area contributed by atoms with E-state index >= 15 is 0 Å². The van der Waals surface area contributed by atoms with Crippen LogP contribution in [0.5, 0.6) is 5.75 Å². The fraction of sp³-hybridized carbons (Fsp3) is 0.350. The molecule has 0 aromatic heterocycles. The third-order valence-corrected chi connectivity index (χ3v) is 4.37. The zero-order valence-electron chi connectivity index (χ0n) is 15.5. The lowest BCUT2D eigenvalue weighted by molar-refractivity contribution is -0.119. The maximum Gasteiger partial charge on any atom is 0.234 e. The first-order chi connectivity index (χ1) is 12.9. The number of benzene rings is 2. The van der Waals surface area contributed by atoms with Gasteiger partial charge in [-0.3, -0.25) is 9.52 Å². The molecule has 27 heavy (non-hydrogen) atoms. The largest absolute Gasteiger partial charge is 0.494 e. The van der Waals surface area contributed by atoms with E-state index in [0.29, 0.717) is 19.7 Å². The highest BCUT2D eigenvalue weighted by molar-refractivity contribution is 7.89. The number of sulfonamides is 1. The number of ether oxygens (including phenoxy) is 1. The summed E-state index contributed by atoms with van der Waals surface area (Å²) in [7, 11) is -3.47. The van der Waals surface area contributed by atoms with Crippen molar-refractivity contribution in [2.75, 3.05) is 26.0 Å². The molecule has 146 valence electrons. The normalized spacial score (nSPS) is 11.1. The van der Waals surface area contributed by atoms with E-state index < -0.39 is 15.9 Å². The van der Waals surface area contributed by atoms with Crippen molar-refractivity contribution in [1.29, 1.82) is 0 Å². The first-order valence-electron chi connectivity index (χ1n) is 8.89. The smallest absolute Gasteiger partial charge is 0.234 e. The molecule has 2 rings (SSSR count). The average Bonchev–Trinajstić information content (AvgIpc) is 2.62. The van der Waals surface area contributed by atoms with Gasteiger partial charge < -0.3 is 10.1 Å². The minimum atomic E-state index is -3.47. The van der Waals surface area contributed by atoms with Crippen molar-refractivity contribution in [3.05, 3.63) is 65.7 Å². The summed E-state index contributed by atoms with van der Waals surface area (Å²) in [4.78, 5) is 11.3. The third-order valence-electron chi connectivity index (χ3n) is 3.77. The van der Waals surface area contributed by atoms with Crippen molar-refractivity contribution in [2.45, 2.75) is 19.3 Å². The molecular weight excluding hydrogens is 364 g/mol. The summed E-state index contributed by atoms with van der Waals surface area (Å²) >= 11 is 0. The second kappa shape index (κ2) is 10.7. The molecule has 2 aromatic carbocycles. The molecular formula is C20H26N2O4S. The summed E-state index contributed by atoms with van der Waals surface area (Å²) in [5, 5.41) is 3.09. The Hall–Kier alpha value is -2.38. The van der Waals surface area contributed by atoms with Gasteiger partial charge in [-0.15, -0.1) is 0 Å². The van der Waals surface area contributed by atoms with Crippen LogP contribution in [0.3, 0.4) is 0 Å². The van der Waals surface area contributed by atoms with Crippen LogP contribution in [0.15, 0.2) is 54.6 Å². The van der Waals surface area contributed by atoms with Gasteiger partial charge in [-0.25, -0.2) is 8.42 Å². The van der Waals surface area contributed by atoms with Crippen LogP contribution in [0.1, 0.15) is 24.0 Å². The van der Waals surface area contributed by atoms with Crippen LogP contribution in [0.25, 0.3) is 0 Å². The van der Waals surface area contributed by atoms with Crippen molar-refractivity contribution < 1.29 is 17.9 Å². The fourth-order valence-corrected chi connectivity index (χ4v) is 3.02. The maximum absolute atomic E-state index is 11.3. The zero-order chi connectivity index (χ0) is 19.5. The molecule has 0 spiro atoms. The van der Waals surface area contributed by atoms with Crippen molar-refractivity contribution in [3.63, 3.8) is 0 Å². The van der Waals surface area contributed by atoms with Gasteiger partial charge >= 0.3 is 0 Å². The maximum atomic E-state index is 11.3. The highest BCUT2D eigenvalue weighted by Gasteiger charge is 2.07. The molecule has 0 aliphatic carbocycles. The van der Waals surface area contributed by atoms with Crippen LogP contribution in [0.2, 0.25) is 0 Å². The van der Waals surface area contributed by atoms with Crippen molar-refractivity contribution >= 4 is 15.9 Å². The quantitative estimate of drug-likeness (QED) is 0.574. The number of amides is 1. The Morgan fingerprint density at radius 3 is 2.30 bits per heavy atom. The Morgan fingerprint density at radius 2 is 1.63 bits per heavy atom. The van der Waals surface area contributed by atoms with Gasteiger partial charge in [0, 0.05) is 13.0 Å². The van der Waals surface area contributed by atoms with Gasteiger partial charge in [0.1, 0.15) is 5.75 Å². The molecule has 0 aliphatic rings. The molecule has 0 bridgehead atoms. The molecule has 0 radical (unpaired) electrons. The molecule has 0 atom stereocenters. The Balaban J connectivity index is 1.57. The lowest BCUT2D eigenvalue weighted by Gasteiger charge is -2.08. The monoisotopic (exact) mass is 390 g/mol. The molecule has 0 heterocycles. The standard InChI is InChI=1S/C20H26N2O4S/c1-27(24,25)22-20(23)12-14-21-13-5-15-26-19-10-8-18(9-11-19)16-17-6-3-2-4-7-17/h2-4,6-11,21H,5,12-16H2,1H3,(H,22,23). The topological polar surface area (TPSA) is 84.5 Å². The van der Waals surface area contributed by atoms with E-state index in [2.05, 4.69) is 29.6 Å². The van der Waals surface area contributed by atoms with E-state index in [4.69, 9.17) is 4.74 Å². The zero-order valence-corrected chi connectivity index (χ0v) is 16.3. The number of hydrogen-bond donors (Lipinski definition) is 2. The summed E-state index contributed by atoms with van der Waals surface area (Å²) in [6.07, 6.45) is 2.78. The second-order valence-corrected chi connectivity index (χ2v) is 8.05. The SMILES string of the molecule is CS(=O)(=O)NC(=O)CCNCCCOc1ccc(Cc2ccccc2)cc1. The number of rotatable bonds is 11. The van der Waals surface area contributed by atoms with E-state index in [1.165, 1.54) is 11.1 Å². The minimum absolute atomic E-state index is 0.122. The molecule has 0 saturated carbocycles. The molecule has 1 amide bonds. The van der Waals surface area contributed by atoms with E-state index in [1.54, 1.807) is 0 Å². The number of carbonyl (C=O) groups excluding carboxylic acids is 1.